The van der Waals surface area contributed by atoms with Crippen molar-refractivity contribution in [2.75, 3.05) is 0 Å². The first kappa shape index (κ1) is 35.7. The topological polar surface area (TPSA) is 48.3 Å². The van der Waals surface area contributed by atoms with Gasteiger partial charge >= 0.3 is 0 Å². The van der Waals surface area contributed by atoms with Crippen molar-refractivity contribution in [2.24, 2.45) is 0 Å². The van der Waals surface area contributed by atoms with Gasteiger partial charge in [0.25, 0.3) is 0 Å². The summed E-state index contributed by atoms with van der Waals surface area (Å²) in [4.78, 5) is 10.8. The molecule has 0 aliphatic rings. The molecule has 5 nitrogen and oxygen atoms in total. The summed E-state index contributed by atoms with van der Waals surface area (Å²) in [5, 5.41) is 6.75. The van der Waals surface area contributed by atoms with Gasteiger partial charge in [0.05, 0.1) is 55.3 Å². The van der Waals surface area contributed by atoms with Crippen LogP contribution in [0.25, 0.3) is 121 Å². The minimum Gasteiger partial charge on any atom is -0.455 e. The molecule has 6 aromatic heterocycles. The Balaban J connectivity index is 1.20. The molecule has 7 aromatic carbocycles. The minimum absolute atomic E-state index is 0.738. The SMILES string of the molecule is Cc1cc(-c2ccccc2)cc(C)c1-c1cc2nc(c1)c1cccc(n1)c1cc(oc3cccc2c3)c2c(c1)c1c(c3cccc4c5ccccc5n1c43)n2-c1c(C)cccc1C. The minimum atomic E-state index is 0.738. The van der Waals surface area contributed by atoms with Gasteiger partial charge in [0.15, 0.2) is 5.58 Å². The third-order valence-electron chi connectivity index (χ3n) is 13.3. The highest BCUT2D eigenvalue weighted by atomic mass is 16.3. The summed E-state index contributed by atoms with van der Waals surface area (Å²) in [5.74, 6) is 0. The maximum Gasteiger partial charge on any atom is 0.152 e. The first-order chi connectivity index (χ1) is 30.9. The predicted octanol–water partition coefficient (Wildman–Crippen LogP) is 15.5. The van der Waals surface area contributed by atoms with Crippen LogP contribution in [0.2, 0.25) is 0 Å². The number of rotatable bonds is 3. The van der Waals surface area contributed by atoms with Gasteiger partial charge in [0, 0.05) is 32.3 Å². The fourth-order valence-electron chi connectivity index (χ4n) is 10.6. The van der Waals surface area contributed by atoms with E-state index >= 15 is 0 Å². The van der Waals surface area contributed by atoms with Crippen LogP contribution in [0.4, 0.5) is 0 Å². The van der Waals surface area contributed by atoms with Crippen molar-refractivity contribution in [1.29, 1.82) is 0 Å². The second-order valence-electron chi connectivity index (χ2n) is 17.2. The zero-order valence-corrected chi connectivity index (χ0v) is 35.4. The van der Waals surface area contributed by atoms with Crippen molar-refractivity contribution in [3.8, 4) is 27.9 Å². The molecule has 0 amide bonds. The van der Waals surface area contributed by atoms with Crippen LogP contribution in [0, 0.1) is 27.7 Å². The van der Waals surface area contributed by atoms with Gasteiger partial charge in [-0.3, -0.25) is 0 Å². The molecule has 6 heterocycles. The van der Waals surface area contributed by atoms with Crippen LogP contribution in [0.5, 0.6) is 0 Å². The summed E-state index contributed by atoms with van der Waals surface area (Å²) in [6.07, 6.45) is 0. The third-order valence-corrected chi connectivity index (χ3v) is 13.3. The Morgan fingerprint density at radius 2 is 1.08 bits per heavy atom. The van der Waals surface area contributed by atoms with E-state index < -0.39 is 0 Å². The Morgan fingerprint density at radius 3 is 1.92 bits per heavy atom. The second-order valence-corrected chi connectivity index (χ2v) is 17.2. The van der Waals surface area contributed by atoms with Crippen molar-refractivity contribution in [3.63, 3.8) is 0 Å². The Labute approximate surface area is 362 Å². The number of para-hydroxylation sites is 3. The monoisotopic (exact) mass is 808 g/mol. The van der Waals surface area contributed by atoms with Crippen molar-refractivity contribution < 1.29 is 4.42 Å². The van der Waals surface area contributed by atoms with Crippen molar-refractivity contribution in [1.82, 2.24) is 18.9 Å². The van der Waals surface area contributed by atoms with Crippen molar-refractivity contribution in [2.45, 2.75) is 27.7 Å². The van der Waals surface area contributed by atoms with E-state index in [-0.39, 0.29) is 0 Å². The molecule has 63 heavy (non-hydrogen) atoms. The maximum atomic E-state index is 7.26. The first-order valence-electron chi connectivity index (χ1n) is 21.6. The third kappa shape index (κ3) is 5.23. The standard InChI is InChI=1S/C58H40N4O/c1-33-14-10-15-34(2)54(33)62-56-46(58-57(62)45-22-12-21-44-43-20-8-9-25-51(43)61(58)55(44)45)29-40-32-52(56)63-42-19-11-18-38(28-42)49-30-41(31-50(60-49)48-24-13-23-47(40)59-48)53-35(3)26-39(27-36(53)4)37-16-6-5-7-17-37/h5-32H,1-4H3. The number of benzene rings is 7. The summed E-state index contributed by atoms with van der Waals surface area (Å²) >= 11 is 0. The van der Waals surface area contributed by atoms with Gasteiger partial charge in [-0.25, -0.2) is 9.97 Å². The molecule has 0 spiro atoms. The van der Waals surface area contributed by atoms with E-state index in [1.807, 2.05) is 0 Å². The van der Waals surface area contributed by atoms with E-state index in [1.54, 1.807) is 0 Å². The summed E-state index contributed by atoms with van der Waals surface area (Å²) in [6, 6.07) is 60.9. The number of hydrogen-bond acceptors (Lipinski definition) is 3. The highest BCUT2D eigenvalue weighted by Gasteiger charge is 2.27. The van der Waals surface area contributed by atoms with Crippen LogP contribution in [0.15, 0.2) is 174 Å². The largest absolute Gasteiger partial charge is 0.455 e. The van der Waals surface area contributed by atoms with Gasteiger partial charge in [-0.05, 0) is 127 Å². The van der Waals surface area contributed by atoms with Crippen LogP contribution < -0.4 is 0 Å². The molecule has 0 N–H and O–H groups in total. The molecule has 0 saturated heterocycles. The van der Waals surface area contributed by atoms with Gasteiger partial charge in [-0.2, -0.15) is 0 Å². The molecule has 8 bridgehead atoms. The smallest absolute Gasteiger partial charge is 0.152 e. The number of fused-ring (bicyclic) bond motifs is 20. The van der Waals surface area contributed by atoms with Gasteiger partial charge in [0.1, 0.15) is 5.58 Å². The van der Waals surface area contributed by atoms with Gasteiger partial charge in [-0.1, -0.05) is 115 Å². The zero-order chi connectivity index (χ0) is 42.1. The lowest BCUT2D eigenvalue weighted by molar-refractivity contribution is 0.658. The lowest BCUT2D eigenvalue weighted by Gasteiger charge is -2.14. The molecular formula is C58H40N4O. The van der Waals surface area contributed by atoms with E-state index in [0.717, 1.165) is 71.7 Å². The van der Waals surface area contributed by atoms with Crippen LogP contribution in [-0.2, 0) is 0 Å². The number of pyridine rings is 2. The van der Waals surface area contributed by atoms with E-state index in [4.69, 9.17) is 14.4 Å². The summed E-state index contributed by atoms with van der Waals surface area (Å²) in [7, 11) is 0. The highest BCUT2D eigenvalue weighted by Crippen LogP contribution is 2.46. The number of aryl methyl sites for hydroxylation is 4. The first-order valence-corrected chi connectivity index (χ1v) is 21.6. The Kier molecular flexibility index (Phi) is 7.50. The highest BCUT2D eigenvalue weighted by molar-refractivity contribution is 6.29. The van der Waals surface area contributed by atoms with Gasteiger partial charge < -0.3 is 13.4 Å². The maximum absolute atomic E-state index is 7.26. The zero-order valence-electron chi connectivity index (χ0n) is 35.4. The van der Waals surface area contributed by atoms with E-state index in [0.29, 0.717) is 0 Å². The average molecular weight is 809 g/mol. The molecule has 0 aliphatic carbocycles. The molecule has 298 valence electrons. The van der Waals surface area contributed by atoms with Crippen LogP contribution >= 0.6 is 0 Å². The molecule has 0 unspecified atom stereocenters. The summed E-state index contributed by atoms with van der Waals surface area (Å²) in [5.41, 5.74) is 21.3. The Hall–Kier alpha value is -8.02. The fourth-order valence-corrected chi connectivity index (χ4v) is 10.6. The average Bonchev–Trinajstić information content (AvgIpc) is 3.94. The van der Waals surface area contributed by atoms with Gasteiger partial charge in [-0.15, -0.1) is 0 Å². The van der Waals surface area contributed by atoms with Crippen LogP contribution in [0.1, 0.15) is 22.3 Å². The molecule has 0 saturated carbocycles. The number of aromatic nitrogens is 4. The number of nitrogens with zero attached hydrogens (tertiary/aromatic N) is 4. The Bertz CT molecular complexity index is 4090. The van der Waals surface area contributed by atoms with Crippen molar-refractivity contribution >= 4 is 93.1 Å². The Morgan fingerprint density at radius 1 is 0.397 bits per heavy atom. The van der Waals surface area contributed by atoms with E-state index in [9.17, 15) is 0 Å². The van der Waals surface area contributed by atoms with Crippen LogP contribution in [0.3, 0.4) is 0 Å². The molecule has 5 heteroatoms. The second kappa shape index (κ2) is 13.2. The summed E-state index contributed by atoms with van der Waals surface area (Å²) in [6.45, 7) is 8.85. The summed E-state index contributed by atoms with van der Waals surface area (Å²) < 4.78 is 12.2. The molecule has 13 rings (SSSR count). The number of hydrogen-bond donors (Lipinski definition) is 0. The predicted molar refractivity (Wildman–Crippen MR) is 263 cm³/mol. The molecule has 0 atom stereocenters. The molecule has 13 aromatic rings. The fraction of sp³-hybridized carbons (Fsp3) is 0.0690. The lowest BCUT2D eigenvalue weighted by Crippen LogP contribution is -2.00. The quantitative estimate of drug-likeness (QED) is 0.179. The molecule has 0 aliphatic heterocycles. The molecular weight excluding hydrogens is 769 g/mol. The normalized spacial score (nSPS) is 12.1. The van der Waals surface area contributed by atoms with E-state index in [2.05, 4.69) is 207 Å². The van der Waals surface area contributed by atoms with E-state index in [1.165, 1.54) is 71.7 Å². The van der Waals surface area contributed by atoms with Crippen LogP contribution in [-0.4, -0.2) is 18.9 Å². The lowest BCUT2D eigenvalue weighted by atomic mass is 9.91. The molecule has 0 radical (unpaired) electrons. The van der Waals surface area contributed by atoms with Gasteiger partial charge in [0.2, 0.25) is 0 Å². The van der Waals surface area contributed by atoms with Crippen molar-refractivity contribution in [3.05, 3.63) is 192 Å². The molecule has 0 fully saturated rings.